The number of nitrogens with zero attached hydrogens (tertiary/aromatic N) is 2. The van der Waals surface area contributed by atoms with Gasteiger partial charge in [0.15, 0.2) is 0 Å². The Bertz CT molecular complexity index is 1450. The molecule has 3 aromatic carbocycles. The number of likely N-dealkylation sites (N-methyl/N-ethyl adjacent to an activating group) is 1. The lowest BCUT2D eigenvalue weighted by molar-refractivity contribution is -0.141. The van der Waals surface area contributed by atoms with Gasteiger partial charge in [0, 0.05) is 32.5 Å². The van der Waals surface area contributed by atoms with Gasteiger partial charge in [-0.25, -0.2) is 12.8 Å². The third-order valence-electron chi connectivity index (χ3n) is 6.50. The zero-order valence-electron chi connectivity index (χ0n) is 23.3. The smallest absolute Gasteiger partial charge is 0.355 e. The van der Waals surface area contributed by atoms with Crippen LogP contribution in [0.3, 0.4) is 0 Å². The minimum absolute atomic E-state index is 0.0167. The van der Waals surface area contributed by atoms with Crippen LogP contribution < -0.4 is 9.62 Å². The maximum Gasteiger partial charge on any atom is 0.416 e. The van der Waals surface area contributed by atoms with Gasteiger partial charge in [0.25, 0.3) is 0 Å². The van der Waals surface area contributed by atoms with Crippen molar-refractivity contribution in [3.63, 3.8) is 0 Å². The fourth-order valence-corrected chi connectivity index (χ4v) is 5.43. The SMILES string of the molecule is CCNC(=O)[C@@H](Cc1ccccc1)N(Cc1ccc(F)cc1)C(=O)CCCN(c1cccc(C(F)(F)F)c1)S(C)(=O)=O. The third-order valence-corrected chi connectivity index (χ3v) is 7.70. The molecule has 0 aliphatic rings. The van der Waals surface area contributed by atoms with Crippen LogP contribution in [0.5, 0.6) is 0 Å². The highest BCUT2D eigenvalue weighted by molar-refractivity contribution is 7.92. The van der Waals surface area contributed by atoms with Gasteiger partial charge in [-0.3, -0.25) is 13.9 Å². The fraction of sp³-hybridized carbons (Fsp3) is 0.333. The predicted octanol–water partition coefficient (Wildman–Crippen LogP) is 5.17. The number of carbonyl (C=O) groups is 2. The molecule has 0 bridgehead atoms. The van der Waals surface area contributed by atoms with E-state index in [9.17, 15) is 35.6 Å². The Morgan fingerprint density at radius 2 is 1.60 bits per heavy atom. The molecule has 3 rings (SSSR count). The minimum Gasteiger partial charge on any atom is -0.355 e. The maximum absolute atomic E-state index is 13.7. The number of alkyl halides is 3. The van der Waals surface area contributed by atoms with E-state index < -0.39 is 45.4 Å². The van der Waals surface area contributed by atoms with Crippen LogP contribution in [0.15, 0.2) is 78.9 Å². The van der Waals surface area contributed by atoms with Crippen molar-refractivity contribution in [3.8, 4) is 0 Å². The van der Waals surface area contributed by atoms with Crippen LogP contribution in [0.25, 0.3) is 0 Å². The van der Waals surface area contributed by atoms with Crippen LogP contribution in [0.1, 0.15) is 36.5 Å². The lowest BCUT2D eigenvalue weighted by Gasteiger charge is -2.32. The van der Waals surface area contributed by atoms with Crippen molar-refractivity contribution >= 4 is 27.5 Å². The van der Waals surface area contributed by atoms with Crippen LogP contribution in [-0.4, -0.2) is 50.5 Å². The molecule has 0 saturated carbocycles. The first-order chi connectivity index (χ1) is 19.8. The molecule has 2 amide bonds. The lowest BCUT2D eigenvalue weighted by atomic mass is 10.0. The van der Waals surface area contributed by atoms with Crippen LogP contribution in [-0.2, 0) is 38.8 Å². The van der Waals surface area contributed by atoms with Crippen molar-refractivity contribution in [1.29, 1.82) is 0 Å². The van der Waals surface area contributed by atoms with Crippen LogP contribution in [0.4, 0.5) is 23.2 Å². The quantitative estimate of drug-likeness (QED) is 0.272. The van der Waals surface area contributed by atoms with Crippen molar-refractivity contribution in [2.75, 3.05) is 23.7 Å². The van der Waals surface area contributed by atoms with Gasteiger partial charge in [0.05, 0.1) is 17.5 Å². The fourth-order valence-electron chi connectivity index (χ4n) is 4.47. The molecular formula is C30H33F4N3O4S. The molecule has 0 unspecified atom stereocenters. The Morgan fingerprint density at radius 3 is 2.19 bits per heavy atom. The normalized spacial score (nSPS) is 12.4. The van der Waals surface area contributed by atoms with Crippen LogP contribution >= 0.6 is 0 Å². The molecular weight excluding hydrogens is 574 g/mol. The summed E-state index contributed by atoms with van der Waals surface area (Å²) in [5, 5.41) is 2.76. The van der Waals surface area contributed by atoms with E-state index in [2.05, 4.69) is 5.32 Å². The van der Waals surface area contributed by atoms with Crippen LogP contribution in [0, 0.1) is 5.82 Å². The second-order valence-corrected chi connectivity index (χ2v) is 11.6. The first kappa shape index (κ1) is 32.6. The van der Waals surface area contributed by atoms with E-state index >= 15 is 0 Å². The molecule has 0 heterocycles. The molecule has 12 heteroatoms. The Hall–Kier alpha value is -3.93. The van der Waals surface area contributed by atoms with Gasteiger partial charge in [-0.2, -0.15) is 13.2 Å². The number of carbonyl (C=O) groups excluding carboxylic acids is 2. The summed E-state index contributed by atoms with van der Waals surface area (Å²) in [7, 11) is -3.99. The Balaban J connectivity index is 1.87. The van der Waals surface area contributed by atoms with Gasteiger partial charge in [0.1, 0.15) is 11.9 Å². The zero-order valence-corrected chi connectivity index (χ0v) is 24.1. The number of anilines is 1. The molecule has 0 saturated heterocycles. The lowest BCUT2D eigenvalue weighted by Crippen LogP contribution is -2.50. The van der Waals surface area contributed by atoms with Gasteiger partial charge in [-0.05, 0) is 54.8 Å². The summed E-state index contributed by atoms with van der Waals surface area (Å²) in [5.41, 5.74) is 0.209. The molecule has 0 spiro atoms. The molecule has 0 aliphatic carbocycles. The van der Waals surface area contributed by atoms with Gasteiger partial charge in [-0.1, -0.05) is 48.5 Å². The van der Waals surface area contributed by atoms with Gasteiger partial charge in [0.2, 0.25) is 21.8 Å². The van der Waals surface area contributed by atoms with Gasteiger partial charge >= 0.3 is 6.18 Å². The van der Waals surface area contributed by atoms with Crippen molar-refractivity contribution in [2.45, 2.75) is 44.9 Å². The van der Waals surface area contributed by atoms with Crippen molar-refractivity contribution < 1.29 is 35.6 Å². The Morgan fingerprint density at radius 1 is 0.929 bits per heavy atom. The summed E-state index contributed by atoms with van der Waals surface area (Å²) in [5.74, 6) is -1.32. The summed E-state index contributed by atoms with van der Waals surface area (Å²) >= 11 is 0. The van der Waals surface area contributed by atoms with Gasteiger partial charge < -0.3 is 10.2 Å². The minimum atomic E-state index is -4.66. The highest BCUT2D eigenvalue weighted by Gasteiger charge is 2.32. The Labute approximate surface area is 243 Å². The number of amides is 2. The van der Waals surface area contributed by atoms with E-state index in [-0.39, 0.29) is 38.0 Å². The topological polar surface area (TPSA) is 86.8 Å². The molecule has 226 valence electrons. The molecule has 0 aromatic heterocycles. The molecule has 0 radical (unpaired) electrons. The molecule has 0 aliphatic heterocycles. The molecule has 0 fully saturated rings. The second kappa shape index (κ2) is 14.3. The number of hydrogen-bond acceptors (Lipinski definition) is 4. The summed E-state index contributed by atoms with van der Waals surface area (Å²) in [6.07, 6.45) is -3.82. The van der Waals surface area contributed by atoms with E-state index in [1.54, 1.807) is 6.92 Å². The number of nitrogens with one attached hydrogen (secondary N) is 1. The third kappa shape index (κ3) is 9.30. The molecule has 1 N–H and O–H groups in total. The van der Waals surface area contributed by atoms with E-state index in [4.69, 9.17) is 0 Å². The van der Waals surface area contributed by atoms with Crippen molar-refractivity contribution in [1.82, 2.24) is 10.2 Å². The number of hydrogen-bond donors (Lipinski definition) is 1. The summed E-state index contributed by atoms with van der Waals surface area (Å²) in [6, 6.07) is 17.6. The van der Waals surface area contributed by atoms with E-state index in [0.29, 0.717) is 12.1 Å². The van der Waals surface area contributed by atoms with E-state index in [0.717, 1.165) is 34.3 Å². The Kier molecular flexibility index (Phi) is 11.1. The highest BCUT2D eigenvalue weighted by atomic mass is 32.2. The summed E-state index contributed by atoms with van der Waals surface area (Å²) in [6.45, 7) is 1.79. The highest BCUT2D eigenvalue weighted by Crippen LogP contribution is 2.32. The standard InChI is InChI=1S/C30H33F4N3O4S/c1-3-35-29(39)27(19-22-9-5-4-6-10-22)36(21-23-14-16-25(31)17-15-23)28(38)13-8-18-37(42(2,40)41)26-12-7-11-24(20-26)30(32,33)34/h4-7,9-12,14-17,20,27H,3,8,13,18-19,21H2,1-2H3,(H,35,39)/t27-/m1/s1. The first-order valence-electron chi connectivity index (χ1n) is 13.3. The molecule has 42 heavy (non-hydrogen) atoms. The number of benzene rings is 3. The summed E-state index contributed by atoms with van der Waals surface area (Å²) in [4.78, 5) is 28.2. The number of sulfonamides is 1. The molecule has 7 nitrogen and oxygen atoms in total. The van der Waals surface area contributed by atoms with Crippen molar-refractivity contribution in [3.05, 3.63) is 101 Å². The zero-order chi connectivity index (χ0) is 30.9. The van der Waals surface area contributed by atoms with Crippen LogP contribution in [0.2, 0.25) is 0 Å². The largest absolute Gasteiger partial charge is 0.416 e. The monoisotopic (exact) mass is 607 g/mol. The average Bonchev–Trinajstić information content (AvgIpc) is 2.93. The molecule has 1 atom stereocenters. The average molecular weight is 608 g/mol. The number of halogens is 4. The maximum atomic E-state index is 13.7. The predicted molar refractivity (Wildman–Crippen MR) is 152 cm³/mol. The summed E-state index contributed by atoms with van der Waals surface area (Å²) < 4.78 is 79.2. The van der Waals surface area contributed by atoms with Gasteiger partial charge in [-0.15, -0.1) is 0 Å². The molecule has 3 aromatic rings. The van der Waals surface area contributed by atoms with E-state index in [1.165, 1.54) is 35.2 Å². The number of rotatable bonds is 13. The first-order valence-corrected chi connectivity index (χ1v) is 15.1. The van der Waals surface area contributed by atoms with Crippen molar-refractivity contribution in [2.24, 2.45) is 0 Å². The van der Waals surface area contributed by atoms with E-state index in [1.807, 2.05) is 30.3 Å². The second-order valence-electron chi connectivity index (χ2n) is 9.73.